The van der Waals surface area contributed by atoms with Crippen molar-refractivity contribution in [3.05, 3.63) is 25.3 Å². The van der Waals surface area contributed by atoms with Gasteiger partial charge in [0.05, 0.1) is 0 Å². The molecule has 12 heteroatoms. The molecule has 0 aliphatic rings. The maximum absolute atomic E-state index is 8.47. The molecule has 4 nitrogen and oxygen atoms in total. The van der Waals surface area contributed by atoms with Gasteiger partial charge in [0, 0.05) is 99.7 Å². The molecule has 0 bridgehead atoms. The zero-order valence-corrected chi connectivity index (χ0v) is 21.0. The van der Waals surface area contributed by atoms with E-state index < -0.39 is 17.0 Å². The van der Waals surface area contributed by atoms with Gasteiger partial charge in [0.15, 0.2) is 0 Å². The Bertz CT molecular complexity index is 67.3. The summed E-state index contributed by atoms with van der Waals surface area (Å²) in [4.78, 5) is 16.9. The Balaban J connectivity index is -0.00000000525. The van der Waals surface area contributed by atoms with Crippen LogP contribution >= 0.6 is 18.6 Å². The van der Waals surface area contributed by atoms with Crippen LogP contribution in [0.15, 0.2) is 0 Å². The minimum absolute atomic E-state index is 0. The first kappa shape index (κ1) is 67.7. The Morgan fingerprint density at radius 3 is 0.833 bits per heavy atom. The fourth-order valence-corrected chi connectivity index (χ4v) is 0. The smallest absolute Gasteiger partial charge is 0.671 e. The van der Waals surface area contributed by atoms with E-state index in [4.69, 9.17) is 39.7 Å². The van der Waals surface area contributed by atoms with Crippen molar-refractivity contribution in [1.82, 2.24) is 0 Å². The summed E-state index contributed by atoms with van der Waals surface area (Å²) >= 11 is -0.556. The number of halogens is 2. The molecule has 0 radical (unpaired) electrons. The molecule has 18 heavy (non-hydrogen) atoms. The Labute approximate surface area is 202 Å². The molecule has 0 aliphatic carbocycles. The minimum atomic E-state index is -0.556. The van der Waals surface area contributed by atoms with E-state index in [0.29, 0.717) is 0 Å². The van der Waals surface area contributed by atoms with Gasteiger partial charge in [-0.15, -0.1) is 0 Å². The second-order valence-corrected chi connectivity index (χ2v) is 2.89. The SMILES string of the molecule is [CH2-]C.[CH2-]C.[Cl][Ti][Cl].[NH-]C=O.[NH-]C=O.[Ti+2].[Ti].[Ti].[Ti].[Ti]. The molecule has 0 spiro atoms. The van der Waals surface area contributed by atoms with Gasteiger partial charge in [0.1, 0.15) is 0 Å². The molecule has 0 aromatic carbocycles. The van der Waals surface area contributed by atoms with E-state index in [1.54, 1.807) is 13.8 Å². The second-order valence-electron chi connectivity index (χ2n) is 0.307. The first-order valence-electron chi connectivity index (χ1n) is 2.84. The zero-order chi connectivity index (χ0) is 12.1. The largest absolute Gasteiger partial charge is 2.00 e. The van der Waals surface area contributed by atoms with Crippen LogP contribution in [0, 0.1) is 13.8 Å². The van der Waals surface area contributed by atoms with E-state index >= 15 is 0 Å². The fraction of sp³-hybridized carbons (Fsp3) is 0.333. The Morgan fingerprint density at radius 1 is 0.833 bits per heavy atom. The molecule has 0 saturated heterocycles. The van der Waals surface area contributed by atoms with Crippen LogP contribution < -0.4 is 0 Å². The molecule has 0 aliphatic heterocycles. The van der Waals surface area contributed by atoms with E-state index in [2.05, 4.69) is 13.8 Å². The molecule has 0 aromatic rings. The molecule has 2 amide bonds. The molecule has 100 valence electrons. The molecule has 0 unspecified atom stereocenters. The van der Waals surface area contributed by atoms with Gasteiger partial charge in [0.2, 0.25) is 0 Å². The predicted octanol–water partition coefficient (Wildman–Crippen LogP) is 3.43. The first-order valence-corrected chi connectivity index (χ1v) is 7.14. The van der Waals surface area contributed by atoms with Gasteiger partial charge in [-0.1, -0.05) is 0 Å². The molecule has 0 rings (SSSR count). The first-order chi connectivity index (χ1) is 6.24. The average Bonchev–Trinajstić information content (AvgIpc) is 2.14. The Hall–Kier alpha value is 3.81. The quantitative estimate of drug-likeness (QED) is 0.288. The normalized spacial score (nSPS) is 2.78. The summed E-state index contributed by atoms with van der Waals surface area (Å²) in [5.41, 5.74) is 11.1. The molecular formula is C6H14Cl2N2O2Ti6-2. The summed E-state index contributed by atoms with van der Waals surface area (Å²) in [6, 6.07) is 0. The van der Waals surface area contributed by atoms with Crippen LogP contribution in [0.3, 0.4) is 0 Å². The van der Waals surface area contributed by atoms with Crippen molar-refractivity contribution in [3.8, 4) is 0 Å². The van der Waals surface area contributed by atoms with E-state index in [0.717, 1.165) is 0 Å². The second kappa shape index (κ2) is 176. The van der Waals surface area contributed by atoms with Crippen LogP contribution in [0.5, 0.6) is 0 Å². The van der Waals surface area contributed by atoms with Gasteiger partial charge >= 0.3 is 57.4 Å². The third kappa shape index (κ3) is 484. The van der Waals surface area contributed by atoms with E-state index in [1.807, 2.05) is 0 Å². The maximum Gasteiger partial charge on any atom is 2.00 e. The Morgan fingerprint density at radius 2 is 0.833 bits per heavy atom. The van der Waals surface area contributed by atoms with Gasteiger partial charge in [0.25, 0.3) is 0 Å². The number of nitrogens with one attached hydrogen (secondary N) is 2. The van der Waals surface area contributed by atoms with Gasteiger partial charge < -0.3 is 34.9 Å². The third-order valence-corrected chi connectivity index (χ3v) is 0. The third-order valence-electron chi connectivity index (χ3n) is 0. The number of hydrogen-bond acceptors (Lipinski definition) is 2. The summed E-state index contributed by atoms with van der Waals surface area (Å²) in [6.45, 7) is 10.0. The van der Waals surface area contributed by atoms with Crippen molar-refractivity contribution in [2.45, 2.75) is 13.8 Å². The summed E-state index contributed by atoms with van der Waals surface area (Å²) < 4.78 is 0. The van der Waals surface area contributed by atoms with Gasteiger partial charge in [-0.2, -0.15) is 13.8 Å². The average molecular weight is 504 g/mol. The molecule has 0 fully saturated rings. The van der Waals surface area contributed by atoms with Gasteiger partial charge in [-0.3, -0.25) is 0 Å². The van der Waals surface area contributed by atoms with E-state index in [-0.39, 0.29) is 121 Å². The van der Waals surface area contributed by atoms with Crippen molar-refractivity contribution in [2.24, 2.45) is 0 Å². The zero-order valence-electron chi connectivity index (χ0n) is 10.1. The summed E-state index contributed by atoms with van der Waals surface area (Å²) in [5, 5.41) is 0. The topological polar surface area (TPSA) is 81.7 Å². The van der Waals surface area contributed by atoms with Crippen molar-refractivity contribution >= 4 is 31.4 Å². The van der Waals surface area contributed by atoms with Gasteiger partial charge in [-0.05, 0) is 0 Å². The van der Waals surface area contributed by atoms with Crippen LogP contribution in [0.2, 0.25) is 0 Å². The molecule has 0 heterocycles. The van der Waals surface area contributed by atoms with Crippen LogP contribution in [-0.4, -0.2) is 12.8 Å². The number of hydrogen-bond donors (Lipinski definition) is 0. The summed E-state index contributed by atoms with van der Waals surface area (Å²) in [7, 11) is 9.78. The molecule has 0 aromatic heterocycles. The molecular weight excluding hydrogens is 490 g/mol. The standard InChI is InChI=1S/2C2H5.2CH3NO.2ClH.6Ti/c2*1-2;2*2-1-3;;;;;;;;/h2*1H2,2H3;2*1H,(H2,2,3);2*1H;;;;;;/q2*-1;;;;;;;;;2*+2/p-4. The van der Waals surface area contributed by atoms with Crippen molar-refractivity contribution in [2.75, 3.05) is 0 Å². The molecule has 0 atom stereocenters. The number of carbonyl (C=O) groups excluding carboxylic acids is 2. The van der Waals surface area contributed by atoms with Crippen LogP contribution in [0.4, 0.5) is 0 Å². The van der Waals surface area contributed by atoms with E-state index in [9.17, 15) is 0 Å². The maximum atomic E-state index is 8.47. The summed E-state index contributed by atoms with van der Waals surface area (Å²) in [5.74, 6) is 0. The van der Waals surface area contributed by atoms with Crippen LogP contribution in [0.25, 0.3) is 11.5 Å². The monoisotopic (exact) mass is 504 g/mol. The summed E-state index contributed by atoms with van der Waals surface area (Å²) in [6.07, 6.45) is 0. The predicted molar refractivity (Wildman–Crippen MR) is 54.5 cm³/mol. The van der Waals surface area contributed by atoms with Crippen molar-refractivity contribution in [3.63, 3.8) is 0 Å². The minimum Gasteiger partial charge on any atom is -0.671 e. The van der Waals surface area contributed by atoms with Gasteiger partial charge in [-0.25, -0.2) is 0 Å². The number of amides is 2. The van der Waals surface area contributed by atoms with Crippen molar-refractivity contribution in [1.29, 1.82) is 0 Å². The fourth-order valence-electron chi connectivity index (χ4n) is 0. The number of carbonyl (C=O) groups is 2. The van der Waals surface area contributed by atoms with Crippen LogP contribution in [0.1, 0.15) is 13.8 Å². The van der Waals surface area contributed by atoms with Crippen LogP contribution in [-0.2, 0) is 135 Å². The number of rotatable bonds is 0. The van der Waals surface area contributed by atoms with E-state index in [1.165, 1.54) is 0 Å². The molecule has 0 saturated carbocycles. The Kier molecular flexibility index (Phi) is 663. The molecule has 2 N–H and O–H groups in total. The van der Waals surface area contributed by atoms with Crippen molar-refractivity contribution < 1.29 is 135 Å².